The van der Waals surface area contributed by atoms with Crippen molar-refractivity contribution in [2.24, 2.45) is 0 Å². The fraction of sp³-hybridized carbons (Fsp3) is 0.435. The quantitative estimate of drug-likeness (QED) is 0.716. The number of hydrogen-bond acceptors (Lipinski definition) is 6. The highest BCUT2D eigenvalue weighted by molar-refractivity contribution is 7.89. The molecule has 0 aliphatic carbocycles. The second kappa shape index (κ2) is 7.84. The zero-order valence-electron chi connectivity index (χ0n) is 18.2. The van der Waals surface area contributed by atoms with Crippen molar-refractivity contribution >= 4 is 15.8 Å². The molecular formula is C23H27NO6S. The van der Waals surface area contributed by atoms with Crippen molar-refractivity contribution in [1.82, 2.24) is 4.31 Å². The Kier molecular flexibility index (Phi) is 5.47. The highest BCUT2D eigenvalue weighted by Gasteiger charge is 2.45. The highest BCUT2D eigenvalue weighted by atomic mass is 32.2. The molecule has 2 heterocycles. The summed E-state index contributed by atoms with van der Waals surface area (Å²) < 4.78 is 44.9. The Bertz CT molecular complexity index is 1130. The number of aryl methyl sites for hydroxylation is 2. The lowest BCUT2D eigenvalue weighted by Gasteiger charge is -2.43. The molecule has 8 heteroatoms. The number of ether oxygens (including phenoxy) is 3. The van der Waals surface area contributed by atoms with Crippen molar-refractivity contribution < 1.29 is 27.4 Å². The Morgan fingerprint density at radius 1 is 1.03 bits per heavy atom. The molecule has 1 saturated heterocycles. The van der Waals surface area contributed by atoms with E-state index in [9.17, 15) is 13.2 Å². The van der Waals surface area contributed by atoms with Crippen LogP contribution < -0.4 is 14.2 Å². The number of sulfonamides is 1. The Hall–Kier alpha value is -2.58. The molecule has 0 bridgehead atoms. The number of nitrogens with zero attached hydrogens (tertiary/aromatic N) is 1. The van der Waals surface area contributed by atoms with Gasteiger partial charge in [0.05, 0.1) is 26.2 Å². The van der Waals surface area contributed by atoms with Gasteiger partial charge in [0.1, 0.15) is 27.7 Å². The number of benzene rings is 2. The minimum absolute atomic E-state index is 0.0597. The van der Waals surface area contributed by atoms with Gasteiger partial charge in [-0.1, -0.05) is 6.07 Å². The van der Waals surface area contributed by atoms with Crippen LogP contribution in [0.5, 0.6) is 17.2 Å². The molecular weight excluding hydrogens is 418 g/mol. The summed E-state index contributed by atoms with van der Waals surface area (Å²) in [5, 5.41) is 0. The average molecular weight is 446 g/mol. The molecule has 0 N–H and O–H groups in total. The van der Waals surface area contributed by atoms with Crippen molar-refractivity contribution in [3.05, 3.63) is 47.0 Å². The minimum atomic E-state index is -3.79. The first-order chi connectivity index (χ1) is 14.7. The summed E-state index contributed by atoms with van der Waals surface area (Å²) in [5.41, 5.74) is 1.92. The predicted molar refractivity (Wildman–Crippen MR) is 116 cm³/mol. The summed E-state index contributed by atoms with van der Waals surface area (Å²) in [4.78, 5) is 13.0. The standard InChI is InChI=1S/C23H27NO6S/c1-15-11-16(2)22-18(25)14-23(30-20(22)12-15)7-9-24(10-8-23)31(26,27)21-13-17(28-3)5-6-19(21)29-4/h5-6,11-13H,7-10,14H2,1-4H3. The zero-order valence-corrected chi connectivity index (χ0v) is 19.0. The summed E-state index contributed by atoms with van der Waals surface area (Å²) in [6, 6.07) is 8.59. The Morgan fingerprint density at radius 3 is 2.39 bits per heavy atom. The molecule has 4 rings (SSSR count). The molecule has 0 radical (unpaired) electrons. The van der Waals surface area contributed by atoms with Crippen LogP contribution in [0.2, 0.25) is 0 Å². The van der Waals surface area contributed by atoms with Gasteiger partial charge in [0, 0.05) is 32.0 Å². The van der Waals surface area contributed by atoms with Gasteiger partial charge in [-0.15, -0.1) is 0 Å². The molecule has 31 heavy (non-hydrogen) atoms. The van der Waals surface area contributed by atoms with Crippen molar-refractivity contribution in [1.29, 1.82) is 0 Å². The predicted octanol–water partition coefficient (Wildman–Crippen LogP) is 3.51. The average Bonchev–Trinajstić information content (AvgIpc) is 2.72. The summed E-state index contributed by atoms with van der Waals surface area (Å²) in [7, 11) is -0.865. The van der Waals surface area contributed by atoms with Gasteiger partial charge in [-0.3, -0.25) is 4.79 Å². The van der Waals surface area contributed by atoms with Crippen LogP contribution in [0, 0.1) is 13.8 Å². The van der Waals surface area contributed by atoms with Crippen molar-refractivity contribution in [3.63, 3.8) is 0 Å². The Balaban J connectivity index is 1.58. The lowest BCUT2D eigenvalue weighted by molar-refractivity contribution is 0.00576. The molecule has 0 aromatic heterocycles. The maximum Gasteiger partial charge on any atom is 0.246 e. The lowest BCUT2D eigenvalue weighted by atomic mass is 9.82. The zero-order chi connectivity index (χ0) is 22.4. The van der Waals surface area contributed by atoms with Crippen molar-refractivity contribution in [2.75, 3.05) is 27.3 Å². The van der Waals surface area contributed by atoms with E-state index in [1.54, 1.807) is 12.1 Å². The van der Waals surface area contributed by atoms with Crippen LogP contribution in [-0.2, 0) is 10.0 Å². The van der Waals surface area contributed by atoms with Crippen molar-refractivity contribution in [2.45, 2.75) is 43.6 Å². The van der Waals surface area contributed by atoms with Gasteiger partial charge in [0.2, 0.25) is 10.0 Å². The van der Waals surface area contributed by atoms with Crippen LogP contribution >= 0.6 is 0 Å². The van der Waals surface area contributed by atoms with E-state index in [0.717, 1.165) is 11.1 Å². The number of fused-ring (bicyclic) bond motifs is 1. The lowest BCUT2D eigenvalue weighted by Crippen LogP contribution is -2.52. The van der Waals surface area contributed by atoms with Gasteiger partial charge in [-0.25, -0.2) is 8.42 Å². The van der Waals surface area contributed by atoms with E-state index in [1.807, 2.05) is 26.0 Å². The number of hydrogen-bond donors (Lipinski definition) is 0. The molecule has 1 fully saturated rings. The van der Waals surface area contributed by atoms with E-state index in [1.165, 1.54) is 24.6 Å². The summed E-state index contributed by atoms with van der Waals surface area (Å²) in [6.07, 6.45) is 1.15. The van der Waals surface area contributed by atoms with Gasteiger partial charge >= 0.3 is 0 Å². The molecule has 2 aliphatic rings. The number of carbonyl (C=O) groups excluding carboxylic acids is 1. The van der Waals surface area contributed by atoms with E-state index in [4.69, 9.17) is 14.2 Å². The van der Waals surface area contributed by atoms with Gasteiger partial charge in [-0.05, 0) is 43.2 Å². The van der Waals surface area contributed by atoms with E-state index >= 15 is 0 Å². The third kappa shape index (κ3) is 3.78. The van der Waals surface area contributed by atoms with Crippen LogP contribution in [0.25, 0.3) is 0 Å². The largest absolute Gasteiger partial charge is 0.497 e. The molecule has 7 nitrogen and oxygen atoms in total. The van der Waals surface area contributed by atoms with Crippen LogP contribution in [0.15, 0.2) is 35.2 Å². The van der Waals surface area contributed by atoms with Gasteiger partial charge in [0.25, 0.3) is 0 Å². The smallest absolute Gasteiger partial charge is 0.246 e. The second-order valence-electron chi connectivity index (χ2n) is 8.26. The molecule has 0 amide bonds. The van der Waals surface area contributed by atoms with Gasteiger partial charge in [0.15, 0.2) is 5.78 Å². The number of piperidine rings is 1. The maximum absolute atomic E-state index is 13.3. The molecule has 0 saturated carbocycles. The fourth-order valence-electron chi connectivity index (χ4n) is 4.55. The summed E-state index contributed by atoms with van der Waals surface area (Å²) in [6.45, 7) is 4.41. The van der Waals surface area contributed by atoms with Crippen molar-refractivity contribution in [3.8, 4) is 17.2 Å². The number of ketones is 1. The number of carbonyl (C=O) groups is 1. The monoisotopic (exact) mass is 445 g/mol. The van der Waals surface area contributed by atoms with E-state index in [0.29, 0.717) is 29.9 Å². The Labute approximate surface area is 183 Å². The fourth-order valence-corrected chi connectivity index (χ4v) is 6.17. The topological polar surface area (TPSA) is 82.1 Å². The second-order valence-corrected chi connectivity index (χ2v) is 10.2. The third-order valence-corrected chi connectivity index (χ3v) is 8.07. The highest BCUT2D eigenvalue weighted by Crippen LogP contribution is 2.42. The van der Waals surface area contributed by atoms with Crippen LogP contribution in [0.1, 0.15) is 40.7 Å². The first-order valence-corrected chi connectivity index (χ1v) is 11.7. The molecule has 0 atom stereocenters. The summed E-state index contributed by atoms with van der Waals surface area (Å²) in [5.74, 6) is 1.38. The van der Waals surface area contributed by atoms with Crippen LogP contribution in [0.3, 0.4) is 0 Å². The third-order valence-electron chi connectivity index (χ3n) is 6.15. The maximum atomic E-state index is 13.3. The number of rotatable bonds is 4. The molecule has 2 aromatic rings. The van der Waals surface area contributed by atoms with Gasteiger partial charge < -0.3 is 14.2 Å². The first kappa shape index (κ1) is 21.6. The van der Waals surface area contributed by atoms with Crippen LogP contribution in [-0.4, -0.2) is 51.4 Å². The van der Waals surface area contributed by atoms with Crippen LogP contribution in [0.4, 0.5) is 0 Å². The Morgan fingerprint density at radius 2 is 1.74 bits per heavy atom. The number of methoxy groups -OCH3 is 2. The van der Waals surface area contributed by atoms with E-state index < -0.39 is 15.6 Å². The minimum Gasteiger partial charge on any atom is -0.497 e. The summed E-state index contributed by atoms with van der Waals surface area (Å²) >= 11 is 0. The molecule has 2 aromatic carbocycles. The normalized spacial score (nSPS) is 18.4. The molecule has 0 unspecified atom stereocenters. The van der Waals surface area contributed by atoms with Gasteiger partial charge in [-0.2, -0.15) is 4.31 Å². The SMILES string of the molecule is COc1ccc(OC)c(S(=O)(=O)N2CCC3(CC2)CC(=O)c2c(C)cc(C)cc2O3)c1. The first-order valence-electron chi connectivity index (χ1n) is 10.2. The number of Topliss-reactive ketones (excluding diaryl/α,β-unsaturated/α-hetero) is 1. The van der Waals surface area contributed by atoms with E-state index in [-0.39, 0.29) is 35.9 Å². The molecule has 166 valence electrons. The van der Waals surface area contributed by atoms with E-state index in [2.05, 4.69) is 0 Å². The molecule has 1 spiro atoms. The molecule has 2 aliphatic heterocycles.